The molecule has 1 aromatic rings. The fourth-order valence-electron chi connectivity index (χ4n) is 1.19. The molecule has 0 aliphatic heterocycles. The standard InChI is InChI=1S/C13H15O3/c1-2-3-9-13(15)16-10-12(14)11-7-5-4-6-8-11/h4-8H,1-3,9-10H2. The molecule has 0 aromatic heterocycles. The first-order valence-electron chi connectivity index (χ1n) is 5.27. The SMILES string of the molecule is [CH2]CCCC(=O)OCC(=O)c1ccccc1. The number of hydrogen-bond donors (Lipinski definition) is 0. The highest BCUT2D eigenvalue weighted by Gasteiger charge is 2.08. The van der Waals surface area contributed by atoms with Crippen molar-refractivity contribution in [3.8, 4) is 0 Å². The summed E-state index contributed by atoms with van der Waals surface area (Å²) in [6.07, 6.45) is 1.71. The van der Waals surface area contributed by atoms with Crippen molar-refractivity contribution in [2.45, 2.75) is 19.3 Å². The normalized spacial score (nSPS) is 9.81. The van der Waals surface area contributed by atoms with E-state index in [4.69, 9.17) is 4.74 Å². The molecule has 0 fully saturated rings. The summed E-state index contributed by atoms with van der Waals surface area (Å²) >= 11 is 0. The van der Waals surface area contributed by atoms with Gasteiger partial charge >= 0.3 is 5.97 Å². The topological polar surface area (TPSA) is 43.4 Å². The van der Waals surface area contributed by atoms with Crippen molar-refractivity contribution < 1.29 is 14.3 Å². The molecule has 0 unspecified atom stereocenters. The summed E-state index contributed by atoms with van der Waals surface area (Å²) < 4.78 is 4.84. The third kappa shape index (κ3) is 4.26. The molecular formula is C13H15O3. The second-order valence-corrected chi connectivity index (χ2v) is 3.41. The molecule has 3 nitrogen and oxygen atoms in total. The number of unbranched alkanes of at least 4 members (excludes halogenated alkanes) is 1. The molecule has 0 saturated heterocycles. The Kier molecular flexibility index (Phi) is 5.26. The first-order valence-corrected chi connectivity index (χ1v) is 5.27. The number of esters is 1. The van der Waals surface area contributed by atoms with Crippen molar-refractivity contribution in [1.29, 1.82) is 0 Å². The summed E-state index contributed by atoms with van der Waals surface area (Å²) in [6, 6.07) is 8.78. The van der Waals surface area contributed by atoms with Crippen molar-refractivity contribution in [3.63, 3.8) is 0 Å². The average molecular weight is 219 g/mol. The molecule has 0 atom stereocenters. The Bertz CT molecular complexity index is 343. The van der Waals surface area contributed by atoms with E-state index in [9.17, 15) is 9.59 Å². The molecule has 0 aliphatic rings. The summed E-state index contributed by atoms with van der Waals surface area (Å²) in [4.78, 5) is 22.7. The minimum atomic E-state index is -0.340. The van der Waals surface area contributed by atoms with E-state index in [-0.39, 0.29) is 18.4 Å². The first kappa shape index (κ1) is 12.4. The van der Waals surface area contributed by atoms with Gasteiger partial charge < -0.3 is 4.74 Å². The molecule has 1 radical (unpaired) electrons. The molecule has 0 N–H and O–H groups in total. The number of carbonyl (C=O) groups excluding carboxylic acids is 2. The minimum absolute atomic E-state index is 0.177. The van der Waals surface area contributed by atoms with Crippen molar-refractivity contribution in [1.82, 2.24) is 0 Å². The molecular weight excluding hydrogens is 204 g/mol. The number of ether oxygens (including phenoxy) is 1. The van der Waals surface area contributed by atoms with E-state index in [0.29, 0.717) is 24.8 Å². The number of hydrogen-bond acceptors (Lipinski definition) is 3. The van der Waals surface area contributed by atoms with E-state index in [1.165, 1.54) is 0 Å². The van der Waals surface area contributed by atoms with Gasteiger partial charge in [-0.2, -0.15) is 0 Å². The van der Waals surface area contributed by atoms with E-state index in [1.54, 1.807) is 24.3 Å². The maximum atomic E-state index is 11.5. The predicted molar refractivity (Wildman–Crippen MR) is 60.9 cm³/mol. The van der Waals surface area contributed by atoms with E-state index in [1.807, 2.05) is 6.07 Å². The van der Waals surface area contributed by atoms with Crippen molar-refractivity contribution >= 4 is 11.8 Å². The predicted octanol–water partition coefficient (Wildman–Crippen LogP) is 2.42. The van der Waals surface area contributed by atoms with Crippen LogP contribution in [-0.2, 0) is 9.53 Å². The van der Waals surface area contributed by atoms with Gasteiger partial charge in [-0.25, -0.2) is 0 Å². The number of rotatable bonds is 6. The van der Waals surface area contributed by atoms with Gasteiger partial charge in [0.25, 0.3) is 0 Å². The van der Waals surface area contributed by atoms with E-state index >= 15 is 0 Å². The summed E-state index contributed by atoms with van der Waals surface area (Å²) in [7, 11) is 0. The molecule has 1 aromatic carbocycles. The van der Waals surface area contributed by atoms with Crippen LogP contribution in [0.15, 0.2) is 30.3 Å². The maximum absolute atomic E-state index is 11.5. The Morgan fingerprint density at radius 1 is 1.19 bits per heavy atom. The zero-order valence-corrected chi connectivity index (χ0v) is 9.15. The van der Waals surface area contributed by atoms with E-state index in [2.05, 4.69) is 6.92 Å². The van der Waals surface area contributed by atoms with Crippen molar-refractivity contribution in [2.24, 2.45) is 0 Å². The van der Waals surface area contributed by atoms with Crippen LogP contribution in [0.3, 0.4) is 0 Å². The maximum Gasteiger partial charge on any atom is 0.306 e. The third-order valence-electron chi connectivity index (χ3n) is 2.09. The van der Waals surface area contributed by atoms with Crippen LogP contribution in [-0.4, -0.2) is 18.4 Å². The Morgan fingerprint density at radius 2 is 1.88 bits per heavy atom. The van der Waals surface area contributed by atoms with Crippen LogP contribution in [0.2, 0.25) is 0 Å². The Hall–Kier alpha value is -1.64. The lowest BCUT2D eigenvalue weighted by molar-refractivity contribution is -0.142. The average Bonchev–Trinajstić information content (AvgIpc) is 2.34. The quantitative estimate of drug-likeness (QED) is 0.545. The molecule has 0 aliphatic carbocycles. The van der Waals surface area contributed by atoms with Gasteiger partial charge in [-0.05, 0) is 6.42 Å². The van der Waals surface area contributed by atoms with Crippen LogP contribution in [0.25, 0.3) is 0 Å². The fraction of sp³-hybridized carbons (Fsp3) is 0.308. The van der Waals surface area contributed by atoms with Crippen molar-refractivity contribution in [3.05, 3.63) is 42.8 Å². The Morgan fingerprint density at radius 3 is 2.50 bits per heavy atom. The van der Waals surface area contributed by atoms with E-state index in [0.717, 1.165) is 0 Å². The van der Waals surface area contributed by atoms with Crippen LogP contribution in [0.1, 0.15) is 29.6 Å². The number of carbonyl (C=O) groups is 2. The smallest absolute Gasteiger partial charge is 0.306 e. The highest BCUT2D eigenvalue weighted by atomic mass is 16.5. The third-order valence-corrected chi connectivity index (χ3v) is 2.09. The molecule has 0 amide bonds. The van der Waals surface area contributed by atoms with Crippen molar-refractivity contribution in [2.75, 3.05) is 6.61 Å². The largest absolute Gasteiger partial charge is 0.457 e. The number of Topliss-reactive ketones (excluding diaryl/α,β-unsaturated/α-hetero) is 1. The molecule has 3 heteroatoms. The van der Waals surface area contributed by atoms with Crippen LogP contribution in [0.4, 0.5) is 0 Å². The zero-order chi connectivity index (χ0) is 11.8. The van der Waals surface area contributed by atoms with Crippen LogP contribution in [0.5, 0.6) is 0 Å². The monoisotopic (exact) mass is 219 g/mol. The summed E-state index contributed by atoms with van der Waals surface area (Å²) in [6.45, 7) is 3.45. The highest BCUT2D eigenvalue weighted by molar-refractivity contribution is 5.97. The van der Waals surface area contributed by atoms with Gasteiger partial charge in [0.1, 0.15) is 0 Å². The lowest BCUT2D eigenvalue weighted by atomic mass is 10.1. The van der Waals surface area contributed by atoms with Gasteiger partial charge in [-0.3, -0.25) is 9.59 Å². The second kappa shape index (κ2) is 6.77. The molecule has 0 bridgehead atoms. The van der Waals surface area contributed by atoms with E-state index < -0.39 is 0 Å². The van der Waals surface area contributed by atoms with Gasteiger partial charge in [0.05, 0.1) is 0 Å². The number of benzene rings is 1. The van der Waals surface area contributed by atoms with Crippen LogP contribution < -0.4 is 0 Å². The molecule has 0 saturated carbocycles. The van der Waals surface area contributed by atoms with Crippen LogP contribution in [0, 0.1) is 6.92 Å². The summed E-state index contributed by atoms with van der Waals surface area (Å²) in [5.41, 5.74) is 0.562. The zero-order valence-electron chi connectivity index (χ0n) is 9.15. The lowest BCUT2D eigenvalue weighted by Crippen LogP contribution is -2.13. The molecule has 1 rings (SSSR count). The van der Waals surface area contributed by atoms with Gasteiger partial charge in [0.15, 0.2) is 12.4 Å². The van der Waals surface area contributed by atoms with Gasteiger partial charge in [0, 0.05) is 12.0 Å². The van der Waals surface area contributed by atoms with Gasteiger partial charge in [-0.1, -0.05) is 43.7 Å². The highest BCUT2D eigenvalue weighted by Crippen LogP contribution is 2.02. The number of ketones is 1. The molecule has 0 heterocycles. The Labute approximate surface area is 95.4 Å². The summed E-state index contributed by atoms with van der Waals surface area (Å²) in [5, 5.41) is 0. The lowest BCUT2D eigenvalue weighted by Gasteiger charge is -2.03. The first-order chi connectivity index (χ1) is 7.74. The molecule has 16 heavy (non-hydrogen) atoms. The van der Waals surface area contributed by atoms with Gasteiger partial charge in [-0.15, -0.1) is 0 Å². The fourth-order valence-corrected chi connectivity index (χ4v) is 1.19. The molecule has 85 valence electrons. The summed E-state index contributed by atoms with van der Waals surface area (Å²) in [5.74, 6) is -0.517. The Balaban J connectivity index is 2.33. The molecule has 0 spiro atoms. The minimum Gasteiger partial charge on any atom is -0.457 e. The van der Waals surface area contributed by atoms with Crippen LogP contribution >= 0.6 is 0 Å². The second-order valence-electron chi connectivity index (χ2n) is 3.41. The van der Waals surface area contributed by atoms with Gasteiger partial charge in [0.2, 0.25) is 0 Å².